The van der Waals surface area contributed by atoms with Crippen molar-refractivity contribution in [1.29, 1.82) is 0 Å². The van der Waals surface area contributed by atoms with E-state index in [-0.39, 0.29) is 12.4 Å². The van der Waals surface area contributed by atoms with Crippen molar-refractivity contribution in [3.05, 3.63) is 24.3 Å². The molecule has 1 saturated heterocycles. The maximum Gasteiger partial charge on any atom is 0.295 e. The number of hydrogen-bond donors (Lipinski definition) is 2. The van der Waals surface area contributed by atoms with Gasteiger partial charge in [-0.15, -0.1) is 12.4 Å². The Bertz CT molecular complexity index is 446. The minimum absolute atomic E-state index is 0. The van der Waals surface area contributed by atoms with E-state index in [9.17, 15) is 0 Å². The minimum Gasteiger partial charge on any atom is -0.424 e. The number of oxazole rings is 1. The summed E-state index contributed by atoms with van der Waals surface area (Å²) in [7, 11) is 0. The van der Waals surface area contributed by atoms with E-state index in [0.717, 1.165) is 30.7 Å². The van der Waals surface area contributed by atoms with Gasteiger partial charge in [0.05, 0.1) is 0 Å². The molecule has 17 heavy (non-hydrogen) atoms. The van der Waals surface area contributed by atoms with E-state index in [0.29, 0.717) is 11.9 Å². The SMILES string of the molecule is Cl.c1ccc2oc(NCC3CCNC3)nc2c1. The van der Waals surface area contributed by atoms with Crippen LogP contribution in [0.5, 0.6) is 0 Å². The first-order chi connectivity index (χ1) is 7.92. The summed E-state index contributed by atoms with van der Waals surface area (Å²) < 4.78 is 5.59. The third-order valence-electron chi connectivity index (χ3n) is 3.00. The zero-order valence-corrected chi connectivity index (χ0v) is 10.3. The first kappa shape index (κ1) is 12.2. The van der Waals surface area contributed by atoms with Crippen LogP contribution in [0.4, 0.5) is 6.01 Å². The van der Waals surface area contributed by atoms with Crippen molar-refractivity contribution in [2.75, 3.05) is 25.0 Å². The molecule has 1 aliphatic heterocycles. The molecule has 0 bridgehead atoms. The normalized spacial score (nSPS) is 19.2. The Morgan fingerprint density at radius 1 is 1.41 bits per heavy atom. The number of para-hydroxylation sites is 2. The minimum atomic E-state index is 0. The molecule has 5 heteroatoms. The summed E-state index contributed by atoms with van der Waals surface area (Å²) in [5, 5.41) is 6.60. The molecule has 0 spiro atoms. The average Bonchev–Trinajstić information content (AvgIpc) is 2.95. The van der Waals surface area contributed by atoms with Crippen molar-refractivity contribution in [3.8, 4) is 0 Å². The molecule has 0 amide bonds. The third-order valence-corrected chi connectivity index (χ3v) is 3.00. The van der Waals surface area contributed by atoms with Crippen molar-refractivity contribution in [2.24, 2.45) is 5.92 Å². The second-order valence-electron chi connectivity index (χ2n) is 4.23. The van der Waals surface area contributed by atoms with Crippen LogP contribution in [-0.2, 0) is 0 Å². The number of nitrogens with zero attached hydrogens (tertiary/aromatic N) is 1. The molecule has 92 valence electrons. The van der Waals surface area contributed by atoms with E-state index < -0.39 is 0 Å². The lowest BCUT2D eigenvalue weighted by Gasteiger charge is -2.07. The van der Waals surface area contributed by atoms with E-state index >= 15 is 0 Å². The topological polar surface area (TPSA) is 50.1 Å². The molecule has 2 heterocycles. The van der Waals surface area contributed by atoms with Crippen LogP contribution in [0.15, 0.2) is 28.7 Å². The zero-order valence-electron chi connectivity index (χ0n) is 9.48. The van der Waals surface area contributed by atoms with Gasteiger partial charge in [0, 0.05) is 6.54 Å². The largest absolute Gasteiger partial charge is 0.424 e. The van der Waals surface area contributed by atoms with Gasteiger partial charge in [-0.2, -0.15) is 4.98 Å². The number of nitrogens with one attached hydrogen (secondary N) is 2. The molecule has 0 saturated carbocycles. The third kappa shape index (κ3) is 2.70. The van der Waals surface area contributed by atoms with Crippen molar-refractivity contribution < 1.29 is 4.42 Å². The van der Waals surface area contributed by atoms with Crippen LogP contribution in [0, 0.1) is 5.92 Å². The fraction of sp³-hybridized carbons (Fsp3) is 0.417. The molecule has 1 aromatic heterocycles. The van der Waals surface area contributed by atoms with Crippen LogP contribution in [0.3, 0.4) is 0 Å². The van der Waals surface area contributed by atoms with Crippen LogP contribution in [-0.4, -0.2) is 24.6 Å². The molecule has 1 aromatic carbocycles. The van der Waals surface area contributed by atoms with Crippen LogP contribution in [0.2, 0.25) is 0 Å². The first-order valence-corrected chi connectivity index (χ1v) is 5.72. The fourth-order valence-electron chi connectivity index (χ4n) is 2.07. The molecular weight excluding hydrogens is 238 g/mol. The molecule has 1 fully saturated rings. The van der Waals surface area contributed by atoms with E-state index in [1.54, 1.807) is 0 Å². The number of hydrogen-bond acceptors (Lipinski definition) is 4. The molecule has 3 rings (SSSR count). The van der Waals surface area contributed by atoms with Gasteiger partial charge in [-0.25, -0.2) is 0 Å². The summed E-state index contributed by atoms with van der Waals surface area (Å²) in [5.41, 5.74) is 1.75. The summed E-state index contributed by atoms with van der Waals surface area (Å²) in [6, 6.07) is 8.45. The molecule has 1 unspecified atom stereocenters. The molecule has 1 aliphatic rings. The van der Waals surface area contributed by atoms with Gasteiger partial charge in [-0.05, 0) is 37.6 Å². The van der Waals surface area contributed by atoms with Crippen LogP contribution in [0.1, 0.15) is 6.42 Å². The Morgan fingerprint density at radius 2 is 2.29 bits per heavy atom. The molecule has 2 N–H and O–H groups in total. The molecule has 2 aromatic rings. The van der Waals surface area contributed by atoms with Crippen molar-refractivity contribution in [3.63, 3.8) is 0 Å². The number of benzene rings is 1. The van der Waals surface area contributed by atoms with Crippen LogP contribution >= 0.6 is 12.4 Å². The Morgan fingerprint density at radius 3 is 3.06 bits per heavy atom. The van der Waals surface area contributed by atoms with Crippen molar-refractivity contribution in [2.45, 2.75) is 6.42 Å². The summed E-state index contributed by atoms with van der Waals surface area (Å²) in [6.45, 7) is 3.15. The van der Waals surface area contributed by atoms with Crippen molar-refractivity contribution >= 4 is 29.5 Å². The van der Waals surface area contributed by atoms with Crippen LogP contribution < -0.4 is 10.6 Å². The Kier molecular flexibility index (Phi) is 3.86. The van der Waals surface area contributed by atoms with Gasteiger partial charge >= 0.3 is 0 Å². The van der Waals surface area contributed by atoms with Crippen molar-refractivity contribution in [1.82, 2.24) is 10.3 Å². The number of halogens is 1. The highest BCUT2D eigenvalue weighted by molar-refractivity contribution is 5.85. The van der Waals surface area contributed by atoms with Gasteiger partial charge in [-0.3, -0.25) is 0 Å². The van der Waals surface area contributed by atoms with Gasteiger partial charge < -0.3 is 15.1 Å². The Labute approximate surface area is 106 Å². The van der Waals surface area contributed by atoms with E-state index in [4.69, 9.17) is 4.42 Å². The second kappa shape index (κ2) is 5.38. The Balaban J connectivity index is 0.00000108. The zero-order chi connectivity index (χ0) is 10.8. The van der Waals surface area contributed by atoms with E-state index in [1.807, 2.05) is 24.3 Å². The van der Waals surface area contributed by atoms with E-state index in [1.165, 1.54) is 6.42 Å². The lowest BCUT2D eigenvalue weighted by Crippen LogP contribution is -2.17. The fourth-order valence-corrected chi connectivity index (χ4v) is 2.07. The summed E-state index contributed by atoms with van der Waals surface area (Å²) in [5.74, 6) is 0.690. The predicted molar refractivity (Wildman–Crippen MR) is 70.7 cm³/mol. The number of fused-ring (bicyclic) bond motifs is 1. The highest BCUT2D eigenvalue weighted by Crippen LogP contribution is 2.18. The molecule has 0 aliphatic carbocycles. The smallest absolute Gasteiger partial charge is 0.295 e. The van der Waals surface area contributed by atoms with Gasteiger partial charge in [0.2, 0.25) is 0 Å². The molecular formula is C12H16ClN3O. The lowest BCUT2D eigenvalue weighted by atomic mass is 10.1. The lowest BCUT2D eigenvalue weighted by molar-refractivity contribution is 0.574. The maximum absolute atomic E-state index is 5.59. The molecule has 4 nitrogen and oxygen atoms in total. The summed E-state index contributed by atoms with van der Waals surface area (Å²) >= 11 is 0. The monoisotopic (exact) mass is 253 g/mol. The number of aromatic nitrogens is 1. The summed E-state index contributed by atoms with van der Waals surface area (Å²) in [6.07, 6.45) is 1.23. The Hall–Kier alpha value is -1.26. The van der Waals surface area contributed by atoms with Gasteiger partial charge in [-0.1, -0.05) is 12.1 Å². The van der Waals surface area contributed by atoms with Gasteiger partial charge in [0.25, 0.3) is 6.01 Å². The second-order valence-corrected chi connectivity index (χ2v) is 4.23. The maximum atomic E-state index is 5.59. The summed E-state index contributed by atoms with van der Waals surface area (Å²) in [4.78, 5) is 4.38. The molecule has 1 atom stereocenters. The standard InChI is InChI=1S/C12H15N3O.ClH/c1-2-4-11-10(3-1)15-12(16-11)14-8-9-5-6-13-7-9;/h1-4,9,13H,5-8H2,(H,14,15);1H. The van der Waals surface area contributed by atoms with E-state index in [2.05, 4.69) is 15.6 Å². The first-order valence-electron chi connectivity index (χ1n) is 5.72. The average molecular weight is 254 g/mol. The highest BCUT2D eigenvalue weighted by Gasteiger charge is 2.14. The quantitative estimate of drug-likeness (QED) is 0.881. The highest BCUT2D eigenvalue weighted by atomic mass is 35.5. The number of rotatable bonds is 3. The van der Waals surface area contributed by atoms with Crippen LogP contribution in [0.25, 0.3) is 11.1 Å². The number of anilines is 1. The predicted octanol–water partition coefficient (Wildman–Crippen LogP) is 2.27. The molecule has 0 radical (unpaired) electrons. The van der Waals surface area contributed by atoms with Gasteiger partial charge in [0.1, 0.15) is 5.52 Å². The van der Waals surface area contributed by atoms with Gasteiger partial charge in [0.15, 0.2) is 5.58 Å².